The van der Waals surface area contributed by atoms with Gasteiger partial charge in [0.05, 0.1) is 12.2 Å². The fourth-order valence-corrected chi connectivity index (χ4v) is 3.06. The predicted molar refractivity (Wildman–Crippen MR) is 94.4 cm³/mol. The van der Waals surface area contributed by atoms with Gasteiger partial charge in [-0.25, -0.2) is 4.98 Å². The molecule has 4 rings (SSSR count). The average Bonchev–Trinajstić information content (AvgIpc) is 2.60. The number of pyridine rings is 1. The second-order valence-electron chi connectivity index (χ2n) is 6.22. The topological polar surface area (TPSA) is 63.9 Å². The second-order valence-corrected chi connectivity index (χ2v) is 6.22. The van der Waals surface area contributed by atoms with E-state index in [0.29, 0.717) is 23.6 Å². The van der Waals surface area contributed by atoms with Gasteiger partial charge in [0.15, 0.2) is 0 Å². The van der Waals surface area contributed by atoms with Gasteiger partial charge < -0.3 is 9.64 Å². The standard InChI is InChI=1S/C19H17N3O3/c1-12-6-7-15-16(9-12)25-13(2)11-22(15)19(24)14-10-20-17-5-3-4-8-21(17)18(14)23/h3-10,13H,11H2,1-2H3. The van der Waals surface area contributed by atoms with E-state index in [1.165, 1.54) is 10.6 Å². The quantitative estimate of drug-likeness (QED) is 0.685. The molecular formula is C19H17N3O3. The van der Waals surface area contributed by atoms with Crippen LogP contribution in [0.5, 0.6) is 5.75 Å². The lowest BCUT2D eigenvalue weighted by Crippen LogP contribution is -2.44. The van der Waals surface area contributed by atoms with Crippen molar-refractivity contribution >= 4 is 17.2 Å². The number of anilines is 1. The lowest BCUT2D eigenvalue weighted by atomic mass is 10.1. The monoisotopic (exact) mass is 335 g/mol. The number of benzene rings is 1. The van der Waals surface area contributed by atoms with Crippen molar-refractivity contribution in [2.24, 2.45) is 0 Å². The molecule has 0 saturated heterocycles. The van der Waals surface area contributed by atoms with Crippen LogP contribution in [-0.2, 0) is 0 Å². The number of hydrogen-bond acceptors (Lipinski definition) is 4. The summed E-state index contributed by atoms with van der Waals surface area (Å²) in [6.07, 6.45) is 2.81. The molecular weight excluding hydrogens is 318 g/mol. The van der Waals surface area contributed by atoms with Gasteiger partial charge in [-0.15, -0.1) is 0 Å². The Balaban J connectivity index is 1.82. The van der Waals surface area contributed by atoms with E-state index in [-0.39, 0.29) is 23.1 Å². The molecule has 1 unspecified atom stereocenters. The van der Waals surface area contributed by atoms with Gasteiger partial charge in [0.2, 0.25) is 0 Å². The second kappa shape index (κ2) is 5.73. The van der Waals surface area contributed by atoms with Crippen molar-refractivity contribution in [3.8, 4) is 5.75 Å². The molecule has 1 atom stereocenters. The third kappa shape index (κ3) is 2.55. The van der Waals surface area contributed by atoms with Crippen molar-refractivity contribution < 1.29 is 9.53 Å². The molecule has 3 heterocycles. The first-order valence-corrected chi connectivity index (χ1v) is 8.10. The molecule has 1 aliphatic rings. The maximum Gasteiger partial charge on any atom is 0.270 e. The van der Waals surface area contributed by atoms with Gasteiger partial charge in [-0.3, -0.25) is 14.0 Å². The molecule has 2 aromatic heterocycles. The summed E-state index contributed by atoms with van der Waals surface area (Å²) in [4.78, 5) is 31.6. The summed E-state index contributed by atoms with van der Waals surface area (Å²) in [5.41, 5.74) is 1.90. The fourth-order valence-electron chi connectivity index (χ4n) is 3.06. The Morgan fingerprint density at radius 2 is 2.12 bits per heavy atom. The van der Waals surface area contributed by atoms with Crippen molar-refractivity contribution in [3.63, 3.8) is 0 Å². The van der Waals surface area contributed by atoms with Gasteiger partial charge in [-0.05, 0) is 43.7 Å². The zero-order valence-corrected chi connectivity index (χ0v) is 14.0. The van der Waals surface area contributed by atoms with E-state index in [0.717, 1.165) is 5.56 Å². The van der Waals surface area contributed by atoms with Gasteiger partial charge in [0, 0.05) is 12.4 Å². The maximum absolute atomic E-state index is 13.1. The molecule has 0 aliphatic carbocycles. The highest BCUT2D eigenvalue weighted by molar-refractivity contribution is 6.07. The van der Waals surface area contributed by atoms with E-state index in [1.807, 2.05) is 32.0 Å². The predicted octanol–water partition coefficient (Wildman–Crippen LogP) is 2.43. The van der Waals surface area contributed by atoms with E-state index < -0.39 is 0 Å². The molecule has 0 N–H and O–H groups in total. The van der Waals surface area contributed by atoms with Crippen molar-refractivity contribution in [2.75, 3.05) is 11.4 Å². The molecule has 0 spiro atoms. The highest BCUT2D eigenvalue weighted by atomic mass is 16.5. The zero-order valence-electron chi connectivity index (χ0n) is 14.0. The Morgan fingerprint density at radius 1 is 1.28 bits per heavy atom. The molecule has 0 radical (unpaired) electrons. The molecule has 3 aromatic rings. The van der Waals surface area contributed by atoms with Gasteiger partial charge in [-0.1, -0.05) is 12.1 Å². The molecule has 6 heteroatoms. The number of aryl methyl sites for hydroxylation is 1. The number of amides is 1. The van der Waals surface area contributed by atoms with Crippen LogP contribution in [0.3, 0.4) is 0 Å². The molecule has 25 heavy (non-hydrogen) atoms. The van der Waals surface area contributed by atoms with Crippen LogP contribution in [0.25, 0.3) is 5.65 Å². The Morgan fingerprint density at radius 3 is 2.96 bits per heavy atom. The van der Waals surface area contributed by atoms with Crippen molar-refractivity contribution in [1.82, 2.24) is 9.38 Å². The van der Waals surface area contributed by atoms with Gasteiger partial charge in [0.1, 0.15) is 23.1 Å². The summed E-state index contributed by atoms with van der Waals surface area (Å²) in [6, 6.07) is 10.9. The van der Waals surface area contributed by atoms with Crippen LogP contribution >= 0.6 is 0 Å². The number of aromatic nitrogens is 2. The number of nitrogens with zero attached hydrogens (tertiary/aromatic N) is 3. The van der Waals surface area contributed by atoms with Crippen molar-refractivity contribution in [2.45, 2.75) is 20.0 Å². The first kappa shape index (κ1) is 15.4. The molecule has 1 aliphatic heterocycles. The SMILES string of the molecule is Cc1ccc2c(c1)OC(C)CN2C(=O)c1cnc2ccccn2c1=O. The summed E-state index contributed by atoms with van der Waals surface area (Å²) in [5, 5.41) is 0. The van der Waals surface area contributed by atoms with Crippen LogP contribution in [0, 0.1) is 6.92 Å². The van der Waals surface area contributed by atoms with Gasteiger partial charge in [0.25, 0.3) is 11.5 Å². The van der Waals surface area contributed by atoms with E-state index in [1.54, 1.807) is 29.3 Å². The van der Waals surface area contributed by atoms with Crippen LogP contribution in [0.2, 0.25) is 0 Å². The Labute approximate surface area is 144 Å². The lowest BCUT2D eigenvalue weighted by Gasteiger charge is -2.33. The third-order valence-corrected chi connectivity index (χ3v) is 4.26. The minimum Gasteiger partial charge on any atom is -0.487 e. The number of ether oxygens (including phenoxy) is 1. The van der Waals surface area contributed by atoms with E-state index >= 15 is 0 Å². The number of rotatable bonds is 1. The highest BCUT2D eigenvalue weighted by Gasteiger charge is 2.30. The summed E-state index contributed by atoms with van der Waals surface area (Å²) in [5.74, 6) is 0.289. The summed E-state index contributed by atoms with van der Waals surface area (Å²) in [6.45, 7) is 4.25. The molecule has 1 aromatic carbocycles. The van der Waals surface area contributed by atoms with E-state index in [4.69, 9.17) is 4.74 Å². The lowest BCUT2D eigenvalue weighted by molar-refractivity contribution is 0.0959. The summed E-state index contributed by atoms with van der Waals surface area (Å²) < 4.78 is 7.22. The largest absolute Gasteiger partial charge is 0.487 e. The molecule has 0 fully saturated rings. The van der Waals surface area contributed by atoms with E-state index in [9.17, 15) is 9.59 Å². The minimum absolute atomic E-state index is 0.0457. The normalized spacial score (nSPS) is 16.4. The average molecular weight is 335 g/mol. The summed E-state index contributed by atoms with van der Waals surface area (Å²) >= 11 is 0. The van der Waals surface area contributed by atoms with Crippen LogP contribution in [0.4, 0.5) is 5.69 Å². The van der Waals surface area contributed by atoms with Crippen LogP contribution in [-0.4, -0.2) is 27.9 Å². The Kier molecular flexibility index (Phi) is 3.53. The van der Waals surface area contributed by atoms with Crippen LogP contribution in [0.1, 0.15) is 22.8 Å². The number of hydrogen-bond donors (Lipinski definition) is 0. The van der Waals surface area contributed by atoms with Crippen molar-refractivity contribution in [3.05, 3.63) is 70.3 Å². The Bertz CT molecular complexity index is 1040. The Hall–Kier alpha value is -3.15. The van der Waals surface area contributed by atoms with E-state index in [2.05, 4.69) is 4.98 Å². The highest BCUT2D eigenvalue weighted by Crippen LogP contribution is 2.34. The van der Waals surface area contributed by atoms with Crippen LogP contribution in [0.15, 0.2) is 53.6 Å². The first-order chi connectivity index (χ1) is 12.0. The third-order valence-electron chi connectivity index (χ3n) is 4.26. The first-order valence-electron chi connectivity index (χ1n) is 8.10. The van der Waals surface area contributed by atoms with Gasteiger partial charge in [-0.2, -0.15) is 0 Å². The molecule has 0 saturated carbocycles. The summed E-state index contributed by atoms with van der Waals surface area (Å²) in [7, 11) is 0. The molecule has 0 bridgehead atoms. The van der Waals surface area contributed by atoms with Gasteiger partial charge >= 0.3 is 0 Å². The molecule has 6 nitrogen and oxygen atoms in total. The fraction of sp³-hybridized carbons (Fsp3) is 0.211. The molecule has 1 amide bonds. The minimum atomic E-state index is -0.372. The van der Waals surface area contributed by atoms with Crippen molar-refractivity contribution in [1.29, 1.82) is 0 Å². The van der Waals surface area contributed by atoms with Crippen LogP contribution < -0.4 is 15.2 Å². The number of carbonyl (C=O) groups excluding carboxylic acids is 1. The number of fused-ring (bicyclic) bond motifs is 2. The maximum atomic E-state index is 13.1. The zero-order chi connectivity index (χ0) is 17.6. The number of carbonyl (C=O) groups is 1. The molecule has 126 valence electrons. The smallest absolute Gasteiger partial charge is 0.270 e.